The van der Waals surface area contributed by atoms with E-state index in [1.165, 1.54) is 6.92 Å². The summed E-state index contributed by atoms with van der Waals surface area (Å²) in [5, 5.41) is 12.7. The number of tetrazole rings is 1. The van der Waals surface area contributed by atoms with Crippen molar-refractivity contribution in [2.24, 2.45) is 0 Å². The molecule has 3 aromatic heterocycles. The number of carbonyl (C=O) groups is 2. The Labute approximate surface area is 249 Å². The second-order valence-electron chi connectivity index (χ2n) is 11.0. The summed E-state index contributed by atoms with van der Waals surface area (Å²) in [6, 6.07) is 17.1. The molecule has 14 heteroatoms. The number of oxazole rings is 1. The zero-order chi connectivity index (χ0) is 30.4. The van der Waals surface area contributed by atoms with E-state index in [0.29, 0.717) is 46.0 Å². The van der Waals surface area contributed by atoms with Crippen LogP contribution in [0.5, 0.6) is 0 Å². The summed E-state index contributed by atoms with van der Waals surface area (Å²) < 4.78 is 34.3. The van der Waals surface area contributed by atoms with Crippen molar-refractivity contribution in [2.45, 2.75) is 44.4 Å². The highest BCUT2D eigenvalue weighted by molar-refractivity contribution is 5.94. The quantitative estimate of drug-likeness (QED) is 0.270. The number of anilines is 1. The number of benzene rings is 2. The molecule has 2 bridgehead atoms. The second-order valence-corrected chi connectivity index (χ2v) is 11.0. The lowest BCUT2D eigenvalue weighted by molar-refractivity contribution is -0.829. The summed E-state index contributed by atoms with van der Waals surface area (Å²) in [6.07, 6.45) is 3.12. The van der Waals surface area contributed by atoms with Crippen molar-refractivity contribution in [3.63, 3.8) is 0 Å². The number of likely N-dealkylation sites (tertiary alicyclic amines) is 1. The zero-order valence-electron chi connectivity index (χ0n) is 23.6. The normalized spacial score (nSPS) is 19.0. The fraction of sp³-hybridized carbons (Fsp3) is 0.300. The van der Waals surface area contributed by atoms with Gasteiger partial charge in [0.15, 0.2) is 10.8 Å². The smallest absolute Gasteiger partial charge is 0.383 e. The number of halogens is 2. The van der Waals surface area contributed by atoms with Gasteiger partial charge in [0.1, 0.15) is 22.4 Å². The molecule has 0 spiro atoms. The van der Waals surface area contributed by atoms with Crippen LogP contribution in [0.1, 0.15) is 54.2 Å². The van der Waals surface area contributed by atoms with E-state index >= 15 is 0 Å². The molecule has 3 unspecified atom stereocenters. The average molecular weight is 601 g/mol. The lowest BCUT2D eigenvalue weighted by Gasteiger charge is -2.43. The molecule has 2 saturated heterocycles. The van der Waals surface area contributed by atoms with Crippen LogP contribution in [0.3, 0.4) is 0 Å². The van der Waals surface area contributed by atoms with E-state index in [4.69, 9.17) is 4.42 Å². The number of hydrogen-bond acceptors (Lipinski definition) is 8. The molecule has 2 fully saturated rings. The highest BCUT2D eigenvalue weighted by Crippen LogP contribution is 2.37. The Hall–Kier alpha value is -5.11. The third kappa shape index (κ3) is 5.06. The van der Waals surface area contributed by atoms with Gasteiger partial charge in [0.05, 0.1) is 0 Å². The number of aromatic nitrogens is 6. The van der Waals surface area contributed by atoms with Gasteiger partial charge < -0.3 is 14.6 Å². The van der Waals surface area contributed by atoms with Gasteiger partial charge in [-0.25, -0.2) is 4.98 Å². The molecule has 44 heavy (non-hydrogen) atoms. The number of H-pyrrole nitrogens is 1. The topological polar surface area (TPSA) is 137 Å². The minimum Gasteiger partial charge on any atom is -0.436 e. The SMILES string of the molecule is CC(=O)Nc1ccc2oc(-c3ccnc(C(=O)N4C5CCC4CN(C(c4ccccc4)c4nn[nH][n+]4C(F)F)C5)c3)nc2c1. The Morgan fingerprint density at radius 3 is 2.57 bits per heavy atom. The summed E-state index contributed by atoms with van der Waals surface area (Å²) in [5.41, 5.74) is 3.39. The molecule has 224 valence electrons. The number of fused-ring (bicyclic) bond motifs is 3. The van der Waals surface area contributed by atoms with Gasteiger partial charge in [0, 0.05) is 49.5 Å². The van der Waals surface area contributed by atoms with Gasteiger partial charge in [-0.15, -0.1) is 0 Å². The standard InChI is InChI=1S/C30H27F2N9O3/c1-17(42)34-20-7-10-25-23(14-20)35-28(44-25)19-11-12-33-24(13-19)29(43)40-21-8-9-22(40)16-39(15-21)26(18-5-3-2-4-6-18)27-36-37-38-41(27)30(31)32/h2-7,10-14,21-22,26,30H,8-9,15-16H2,1H3,(H,34,42)/p+1. The monoisotopic (exact) mass is 600 g/mol. The van der Waals surface area contributed by atoms with E-state index in [-0.39, 0.29) is 35.4 Å². The molecule has 2 aromatic carbocycles. The first-order valence-electron chi connectivity index (χ1n) is 14.2. The van der Waals surface area contributed by atoms with Crippen LogP contribution in [-0.4, -0.2) is 72.3 Å². The molecule has 2 aliphatic heterocycles. The highest BCUT2D eigenvalue weighted by atomic mass is 19.3. The molecule has 2 amide bonds. The molecular weight excluding hydrogens is 572 g/mol. The van der Waals surface area contributed by atoms with Crippen molar-refractivity contribution in [3.8, 4) is 11.5 Å². The Kier molecular flexibility index (Phi) is 7.04. The van der Waals surface area contributed by atoms with Crippen molar-refractivity contribution in [3.05, 3.63) is 83.9 Å². The maximum Gasteiger partial charge on any atom is 0.383 e. The van der Waals surface area contributed by atoms with E-state index in [1.807, 2.05) is 35.2 Å². The number of carbonyl (C=O) groups excluding carboxylic acids is 2. The Morgan fingerprint density at radius 2 is 1.84 bits per heavy atom. The fourth-order valence-corrected chi connectivity index (χ4v) is 6.33. The van der Waals surface area contributed by atoms with E-state index in [9.17, 15) is 18.4 Å². The van der Waals surface area contributed by atoms with Crippen LogP contribution >= 0.6 is 0 Å². The van der Waals surface area contributed by atoms with Gasteiger partial charge in [-0.1, -0.05) is 40.2 Å². The number of aromatic amines is 1. The molecule has 7 rings (SSSR count). The fourth-order valence-electron chi connectivity index (χ4n) is 6.33. The van der Waals surface area contributed by atoms with E-state index in [0.717, 1.165) is 18.4 Å². The molecule has 3 atom stereocenters. The first-order valence-corrected chi connectivity index (χ1v) is 14.2. The number of rotatable bonds is 7. The molecule has 0 saturated carbocycles. The van der Waals surface area contributed by atoms with E-state index < -0.39 is 12.6 Å². The summed E-state index contributed by atoms with van der Waals surface area (Å²) in [7, 11) is 0. The van der Waals surface area contributed by atoms with Crippen LogP contribution in [0.4, 0.5) is 14.5 Å². The van der Waals surface area contributed by atoms with Crippen molar-refractivity contribution in [1.29, 1.82) is 0 Å². The van der Waals surface area contributed by atoms with Crippen molar-refractivity contribution < 1.29 is 27.5 Å². The van der Waals surface area contributed by atoms with Gasteiger partial charge in [-0.2, -0.15) is 8.78 Å². The minimum atomic E-state index is -2.83. The summed E-state index contributed by atoms with van der Waals surface area (Å²) >= 11 is 0. The van der Waals surface area contributed by atoms with Gasteiger partial charge in [0.2, 0.25) is 11.8 Å². The first-order chi connectivity index (χ1) is 21.4. The Bertz CT molecular complexity index is 1830. The first kappa shape index (κ1) is 27.7. The maximum absolute atomic E-state index is 13.9. The van der Waals surface area contributed by atoms with Gasteiger partial charge in [0.25, 0.3) is 5.91 Å². The van der Waals surface area contributed by atoms with Gasteiger partial charge >= 0.3 is 12.4 Å². The molecule has 5 heterocycles. The van der Waals surface area contributed by atoms with Crippen LogP contribution in [0.25, 0.3) is 22.6 Å². The van der Waals surface area contributed by atoms with Crippen LogP contribution in [0.2, 0.25) is 0 Å². The lowest BCUT2D eigenvalue weighted by atomic mass is 10.0. The number of nitrogens with one attached hydrogen (secondary N) is 2. The van der Waals surface area contributed by atoms with Crippen LogP contribution in [0.15, 0.2) is 71.3 Å². The molecular formula is C30H28F2N9O3+. The highest BCUT2D eigenvalue weighted by Gasteiger charge is 2.47. The van der Waals surface area contributed by atoms with Gasteiger partial charge in [-0.05, 0) is 48.7 Å². The number of nitrogens with zero attached hydrogens (tertiary/aromatic N) is 7. The second kappa shape index (κ2) is 11.2. The molecule has 12 nitrogen and oxygen atoms in total. The molecule has 2 N–H and O–H groups in total. The molecule has 0 radical (unpaired) electrons. The van der Waals surface area contributed by atoms with Crippen molar-refractivity contribution in [1.82, 2.24) is 35.3 Å². The van der Waals surface area contributed by atoms with Gasteiger partial charge in [-0.3, -0.25) is 19.5 Å². The average Bonchev–Trinajstić information content (AvgIpc) is 3.73. The minimum absolute atomic E-state index is 0.113. The number of amides is 2. The van der Waals surface area contributed by atoms with Crippen LogP contribution < -0.4 is 10.00 Å². The predicted molar refractivity (Wildman–Crippen MR) is 152 cm³/mol. The van der Waals surface area contributed by atoms with Crippen LogP contribution in [0, 0.1) is 0 Å². The molecule has 0 aliphatic carbocycles. The van der Waals surface area contributed by atoms with Crippen molar-refractivity contribution in [2.75, 3.05) is 18.4 Å². The van der Waals surface area contributed by atoms with E-state index in [1.54, 1.807) is 36.5 Å². The Morgan fingerprint density at radius 1 is 1.07 bits per heavy atom. The Balaban J connectivity index is 1.14. The number of pyridine rings is 1. The van der Waals surface area contributed by atoms with E-state index in [2.05, 4.69) is 35.7 Å². The predicted octanol–water partition coefficient (Wildman–Crippen LogP) is 3.73. The largest absolute Gasteiger partial charge is 0.436 e. The number of alkyl halides is 2. The van der Waals surface area contributed by atoms with Crippen molar-refractivity contribution >= 4 is 28.6 Å². The molecule has 2 aliphatic rings. The summed E-state index contributed by atoms with van der Waals surface area (Å²) in [4.78, 5) is 38.3. The maximum atomic E-state index is 13.9. The third-order valence-electron chi connectivity index (χ3n) is 8.15. The summed E-state index contributed by atoms with van der Waals surface area (Å²) in [6.45, 7) is -0.455. The number of piperazine rings is 1. The zero-order valence-corrected chi connectivity index (χ0v) is 23.6. The third-order valence-corrected chi connectivity index (χ3v) is 8.15. The summed E-state index contributed by atoms with van der Waals surface area (Å²) in [5.74, 6) is 0.0474. The lowest BCUT2D eigenvalue weighted by Crippen LogP contribution is -2.58. The molecule has 5 aromatic rings. The number of hydrogen-bond donors (Lipinski definition) is 2. The van der Waals surface area contributed by atoms with Crippen LogP contribution in [-0.2, 0) is 4.79 Å².